The molecule has 2 aromatic rings. The number of nitrogens with one attached hydrogen (secondary N) is 1. The standard InChI is InChI=1S/C11H11NO3/c1-6-10(11(13)14)8-5-7(15-2)3-4-9(8)12-6/h3-5,12H,1-2H3,(H,13,14). The van der Waals surface area contributed by atoms with Gasteiger partial charge >= 0.3 is 5.97 Å². The second-order valence-electron chi connectivity index (χ2n) is 3.34. The molecule has 4 heteroatoms. The number of H-pyrrole nitrogens is 1. The van der Waals surface area contributed by atoms with Gasteiger partial charge in [-0.2, -0.15) is 0 Å². The van der Waals surface area contributed by atoms with Crippen LogP contribution in [0.5, 0.6) is 5.75 Å². The molecule has 0 atom stereocenters. The van der Waals surface area contributed by atoms with Crippen molar-refractivity contribution in [2.45, 2.75) is 6.92 Å². The van der Waals surface area contributed by atoms with Crippen molar-refractivity contribution < 1.29 is 14.6 Å². The smallest absolute Gasteiger partial charge is 0.338 e. The van der Waals surface area contributed by atoms with Crippen LogP contribution in [-0.4, -0.2) is 23.2 Å². The summed E-state index contributed by atoms with van der Waals surface area (Å²) in [5.41, 5.74) is 1.78. The third-order valence-electron chi connectivity index (χ3n) is 2.41. The van der Waals surface area contributed by atoms with Gasteiger partial charge in [0.05, 0.1) is 12.7 Å². The molecule has 0 saturated heterocycles. The molecule has 1 aromatic heterocycles. The van der Waals surface area contributed by atoms with Crippen molar-refractivity contribution in [3.8, 4) is 5.75 Å². The van der Waals surface area contributed by atoms with Crippen molar-refractivity contribution in [3.05, 3.63) is 29.5 Å². The molecule has 15 heavy (non-hydrogen) atoms. The predicted octanol–water partition coefficient (Wildman–Crippen LogP) is 2.18. The lowest BCUT2D eigenvalue weighted by Crippen LogP contribution is -1.97. The lowest BCUT2D eigenvalue weighted by Gasteiger charge is -1.99. The SMILES string of the molecule is COc1ccc2[nH]c(C)c(C(=O)O)c2c1. The summed E-state index contributed by atoms with van der Waals surface area (Å²) < 4.78 is 5.06. The number of hydrogen-bond donors (Lipinski definition) is 2. The maximum absolute atomic E-state index is 11.0. The highest BCUT2D eigenvalue weighted by Gasteiger charge is 2.15. The van der Waals surface area contributed by atoms with E-state index in [4.69, 9.17) is 9.84 Å². The Morgan fingerprint density at radius 1 is 1.47 bits per heavy atom. The van der Waals surface area contributed by atoms with Gasteiger partial charge in [0.2, 0.25) is 0 Å². The Bertz CT molecular complexity index is 528. The normalized spacial score (nSPS) is 10.5. The Kier molecular flexibility index (Phi) is 2.11. The van der Waals surface area contributed by atoms with Crippen LogP contribution < -0.4 is 4.74 Å². The molecule has 0 amide bonds. The van der Waals surface area contributed by atoms with Gasteiger partial charge in [-0.25, -0.2) is 4.79 Å². The van der Waals surface area contributed by atoms with Crippen LogP contribution in [0.4, 0.5) is 0 Å². The number of carboxylic acids is 1. The van der Waals surface area contributed by atoms with Crippen molar-refractivity contribution in [3.63, 3.8) is 0 Å². The molecular weight excluding hydrogens is 194 g/mol. The second-order valence-corrected chi connectivity index (χ2v) is 3.34. The van der Waals surface area contributed by atoms with E-state index >= 15 is 0 Å². The number of carboxylic acid groups (broad SMARTS) is 1. The van der Waals surface area contributed by atoms with E-state index in [2.05, 4.69) is 4.98 Å². The Hall–Kier alpha value is -1.97. The Morgan fingerprint density at radius 2 is 2.20 bits per heavy atom. The number of fused-ring (bicyclic) bond motifs is 1. The number of aromatic nitrogens is 1. The molecule has 2 rings (SSSR count). The molecule has 4 nitrogen and oxygen atoms in total. The van der Waals surface area contributed by atoms with Crippen molar-refractivity contribution in [2.75, 3.05) is 7.11 Å². The van der Waals surface area contributed by atoms with Gasteiger partial charge in [0, 0.05) is 16.6 Å². The number of benzene rings is 1. The average Bonchev–Trinajstić information content (AvgIpc) is 2.52. The van der Waals surface area contributed by atoms with Gasteiger partial charge in [0.15, 0.2) is 0 Å². The van der Waals surface area contributed by atoms with Crippen molar-refractivity contribution in [2.24, 2.45) is 0 Å². The molecule has 0 radical (unpaired) electrons. The Labute approximate surface area is 86.5 Å². The van der Waals surface area contributed by atoms with Gasteiger partial charge in [-0.15, -0.1) is 0 Å². The number of aryl methyl sites for hydroxylation is 1. The summed E-state index contributed by atoms with van der Waals surface area (Å²) in [6.07, 6.45) is 0. The number of methoxy groups -OCH3 is 1. The zero-order chi connectivity index (χ0) is 11.0. The van der Waals surface area contributed by atoms with Crippen LogP contribution in [-0.2, 0) is 0 Å². The highest BCUT2D eigenvalue weighted by molar-refractivity contribution is 6.05. The number of rotatable bonds is 2. The first-order chi connectivity index (χ1) is 7.13. The molecule has 0 aliphatic rings. The minimum absolute atomic E-state index is 0.309. The summed E-state index contributed by atoms with van der Waals surface area (Å²) in [5, 5.41) is 9.74. The second kappa shape index (κ2) is 3.31. The molecule has 2 N–H and O–H groups in total. The summed E-state index contributed by atoms with van der Waals surface area (Å²) in [6.45, 7) is 1.75. The van der Waals surface area contributed by atoms with Crippen molar-refractivity contribution in [1.82, 2.24) is 4.98 Å². The fraction of sp³-hybridized carbons (Fsp3) is 0.182. The van der Waals surface area contributed by atoms with Crippen molar-refractivity contribution in [1.29, 1.82) is 0 Å². The molecule has 0 fully saturated rings. The number of carbonyl (C=O) groups is 1. The zero-order valence-electron chi connectivity index (χ0n) is 8.50. The van der Waals surface area contributed by atoms with E-state index in [0.29, 0.717) is 22.4 Å². The summed E-state index contributed by atoms with van der Waals surface area (Å²) in [5.74, 6) is -0.268. The molecule has 1 heterocycles. The number of aromatic carboxylic acids is 1. The Morgan fingerprint density at radius 3 is 2.80 bits per heavy atom. The predicted molar refractivity (Wildman–Crippen MR) is 56.5 cm³/mol. The minimum Gasteiger partial charge on any atom is -0.497 e. The number of ether oxygens (including phenoxy) is 1. The van der Waals surface area contributed by atoms with Crippen LogP contribution in [0.1, 0.15) is 16.1 Å². The maximum Gasteiger partial charge on any atom is 0.338 e. The first-order valence-electron chi connectivity index (χ1n) is 4.53. The third-order valence-corrected chi connectivity index (χ3v) is 2.41. The minimum atomic E-state index is -0.924. The maximum atomic E-state index is 11.0. The average molecular weight is 205 g/mol. The van der Waals surface area contributed by atoms with Crippen molar-refractivity contribution >= 4 is 16.9 Å². The van der Waals surface area contributed by atoms with Gasteiger partial charge in [0.25, 0.3) is 0 Å². The molecular formula is C11H11NO3. The van der Waals surface area contributed by atoms with E-state index < -0.39 is 5.97 Å². The molecule has 78 valence electrons. The highest BCUT2D eigenvalue weighted by atomic mass is 16.5. The summed E-state index contributed by atoms with van der Waals surface area (Å²) in [7, 11) is 1.56. The third kappa shape index (κ3) is 1.44. The lowest BCUT2D eigenvalue weighted by atomic mass is 10.1. The molecule has 0 aliphatic heterocycles. The number of aromatic amines is 1. The fourth-order valence-electron chi connectivity index (χ4n) is 1.71. The van der Waals surface area contributed by atoms with Gasteiger partial charge in [-0.1, -0.05) is 0 Å². The van der Waals surface area contributed by atoms with E-state index in [1.54, 1.807) is 26.2 Å². The molecule has 0 saturated carbocycles. The fourth-order valence-corrected chi connectivity index (χ4v) is 1.71. The largest absolute Gasteiger partial charge is 0.497 e. The molecule has 1 aromatic carbocycles. The van der Waals surface area contributed by atoms with E-state index in [-0.39, 0.29) is 0 Å². The van der Waals surface area contributed by atoms with Gasteiger partial charge in [-0.05, 0) is 25.1 Å². The topological polar surface area (TPSA) is 62.3 Å². The van der Waals surface area contributed by atoms with Crippen LogP contribution in [0.15, 0.2) is 18.2 Å². The summed E-state index contributed by atoms with van der Waals surface area (Å²) in [6, 6.07) is 5.33. The Balaban J connectivity index is 2.77. The highest BCUT2D eigenvalue weighted by Crippen LogP contribution is 2.26. The molecule has 0 unspecified atom stereocenters. The molecule has 0 bridgehead atoms. The zero-order valence-corrected chi connectivity index (χ0v) is 8.50. The lowest BCUT2D eigenvalue weighted by molar-refractivity contribution is 0.0698. The monoisotopic (exact) mass is 205 g/mol. The summed E-state index contributed by atoms with van der Waals surface area (Å²) >= 11 is 0. The van der Waals surface area contributed by atoms with Crippen LogP contribution in [0, 0.1) is 6.92 Å². The molecule has 0 aliphatic carbocycles. The van der Waals surface area contributed by atoms with Crippen LogP contribution in [0.25, 0.3) is 10.9 Å². The van der Waals surface area contributed by atoms with E-state index in [1.165, 1.54) is 0 Å². The summed E-state index contributed by atoms with van der Waals surface area (Å²) in [4.78, 5) is 14.1. The van der Waals surface area contributed by atoms with Crippen LogP contribution >= 0.6 is 0 Å². The van der Waals surface area contributed by atoms with Gasteiger partial charge in [-0.3, -0.25) is 0 Å². The van der Waals surface area contributed by atoms with Gasteiger partial charge in [0.1, 0.15) is 5.75 Å². The van der Waals surface area contributed by atoms with E-state index in [1.807, 2.05) is 6.07 Å². The van der Waals surface area contributed by atoms with E-state index in [9.17, 15) is 4.79 Å². The quantitative estimate of drug-likeness (QED) is 0.789. The number of hydrogen-bond acceptors (Lipinski definition) is 2. The van der Waals surface area contributed by atoms with Crippen LogP contribution in [0.3, 0.4) is 0 Å². The molecule has 0 spiro atoms. The van der Waals surface area contributed by atoms with Crippen LogP contribution in [0.2, 0.25) is 0 Å². The van der Waals surface area contributed by atoms with E-state index in [0.717, 1.165) is 5.52 Å². The first kappa shape index (κ1) is 9.58. The van der Waals surface area contributed by atoms with Gasteiger partial charge < -0.3 is 14.8 Å². The first-order valence-corrected chi connectivity index (χ1v) is 4.53.